The predicted octanol–water partition coefficient (Wildman–Crippen LogP) is 7.36. The highest BCUT2D eigenvalue weighted by atomic mass is 32.2. The fourth-order valence-electron chi connectivity index (χ4n) is 4.50. The number of amides is 2. The van der Waals surface area contributed by atoms with Gasteiger partial charge >= 0.3 is 5.97 Å². The Morgan fingerprint density at radius 2 is 1.79 bits per heavy atom. The van der Waals surface area contributed by atoms with Gasteiger partial charge in [-0.3, -0.25) is 9.59 Å². The number of thiophene rings is 1. The van der Waals surface area contributed by atoms with Gasteiger partial charge in [0.2, 0.25) is 11.8 Å². The van der Waals surface area contributed by atoms with Gasteiger partial charge in [-0.2, -0.15) is 0 Å². The molecule has 1 unspecified atom stereocenters. The van der Waals surface area contributed by atoms with Crippen LogP contribution in [0.1, 0.15) is 65.9 Å². The van der Waals surface area contributed by atoms with Gasteiger partial charge in [-0.25, -0.2) is 4.79 Å². The molecule has 0 aliphatic heterocycles. The third-order valence-electron chi connectivity index (χ3n) is 6.41. The number of hydrogen-bond acceptors (Lipinski definition) is 6. The summed E-state index contributed by atoms with van der Waals surface area (Å²) >= 11 is 2.95. The van der Waals surface area contributed by atoms with Gasteiger partial charge in [-0.15, -0.1) is 23.1 Å². The van der Waals surface area contributed by atoms with E-state index in [-0.39, 0.29) is 23.0 Å². The molecule has 4 rings (SSSR count). The van der Waals surface area contributed by atoms with E-state index in [4.69, 9.17) is 4.74 Å². The second kappa shape index (κ2) is 14.1. The van der Waals surface area contributed by atoms with Crippen LogP contribution in [0.15, 0.2) is 65.6 Å². The molecule has 6 nitrogen and oxygen atoms in total. The lowest BCUT2D eigenvalue weighted by Crippen LogP contribution is -2.25. The fraction of sp³-hybridized carbons (Fsp3) is 0.323. The molecule has 2 N–H and O–H groups in total. The van der Waals surface area contributed by atoms with Gasteiger partial charge in [0.25, 0.3) is 0 Å². The van der Waals surface area contributed by atoms with Gasteiger partial charge in [-0.05, 0) is 74.4 Å². The average molecular weight is 563 g/mol. The highest BCUT2D eigenvalue weighted by Crippen LogP contribution is 2.39. The third-order valence-corrected chi connectivity index (χ3v) is 8.97. The summed E-state index contributed by atoms with van der Waals surface area (Å²) in [5.41, 5.74) is 3.17. The van der Waals surface area contributed by atoms with Gasteiger partial charge < -0.3 is 15.4 Å². The van der Waals surface area contributed by atoms with E-state index >= 15 is 0 Å². The van der Waals surface area contributed by atoms with Crippen LogP contribution in [0.25, 0.3) is 6.08 Å². The molecule has 0 saturated carbocycles. The van der Waals surface area contributed by atoms with Crippen molar-refractivity contribution in [1.29, 1.82) is 0 Å². The minimum atomic E-state index is -0.370. The summed E-state index contributed by atoms with van der Waals surface area (Å²) in [6.45, 7) is 4.05. The molecule has 0 bridgehead atoms. The lowest BCUT2D eigenvalue weighted by atomic mass is 10.1. The molecule has 1 aromatic heterocycles. The normalized spacial score (nSPS) is 13.8. The molecule has 0 spiro atoms. The number of ether oxygens (including phenoxy) is 1. The molecule has 0 radical (unpaired) electrons. The van der Waals surface area contributed by atoms with Crippen LogP contribution in [0.2, 0.25) is 0 Å². The van der Waals surface area contributed by atoms with Gasteiger partial charge in [0.15, 0.2) is 0 Å². The maximum absolute atomic E-state index is 13.4. The van der Waals surface area contributed by atoms with Gasteiger partial charge in [0, 0.05) is 21.5 Å². The van der Waals surface area contributed by atoms with E-state index in [0.29, 0.717) is 29.3 Å². The zero-order chi connectivity index (χ0) is 27.6. The monoisotopic (exact) mass is 562 g/mol. The second-order valence-electron chi connectivity index (χ2n) is 9.25. The molecule has 39 heavy (non-hydrogen) atoms. The van der Waals surface area contributed by atoms with Crippen molar-refractivity contribution in [2.24, 2.45) is 0 Å². The Hall–Kier alpha value is -3.36. The first-order valence-corrected chi connectivity index (χ1v) is 15.1. The molecular formula is C31H34N2O4S2. The first-order chi connectivity index (χ1) is 19.0. The number of hydrogen-bond donors (Lipinski definition) is 2. The summed E-state index contributed by atoms with van der Waals surface area (Å²) in [4.78, 5) is 40.7. The molecule has 204 valence electrons. The van der Waals surface area contributed by atoms with Crippen LogP contribution >= 0.6 is 23.1 Å². The Bertz CT molecular complexity index is 1330. The largest absolute Gasteiger partial charge is 0.462 e. The van der Waals surface area contributed by atoms with Gasteiger partial charge in [0.1, 0.15) is 5.00 Å². The number of fused-ring (bicyclic) bond motifs is 1. The van der Waals surface area contributed by atoms with Crippen molar-refractivity contribution in [3.8, 4) is 0 Å². The predicted molar refractivity (Wildman–Crippen MR) is 161 cm³/mol. The van der Waals surface area contributed by atoms with Crippen molar-refractivity contribution in [3.05, 3.63) is 82.2 Å². The van der Waals surface area contributed by atoms with E-state index in [1.165, 1.54) is 34.1 Å². The van der Waals surface area contributed by atoms with Gasteiger partial charge in [0.05, 0.1) is 17.4 Å². The van der Waals surface area contributed by atoms with Crippen molar-refractivity contribution in [2.75, 3.05) is 17.2 Å². The van der Waals surface area contributed by atoms with Crippen LogP contribution in [0.3, 0.4) is 0 Å². The zero-order valence-corrected chi connectivity index (χ0v) is 24.0. The smallest absolute Gasteiger partial charge is 0.341 e. The van der Waals surface area contributed by atoms with Crippen LogP contribution in [0.4, 0.5) is 10.7 Å². The molecule has 1 heterocycles. The standard InChI is InChI=1S/C31H34N2O4S2/c1-3-25(29(35)33-30-28(31(36)37-4-2)24-16-9-6-10-17-26(24)39-30)38-23-15-11-14-22(20-23)32-27(34)19-18-21-12-7-5-8-13-21/h5,7-8,11-15,18-20,25H,3-4,6,9-10,16-17H2,1-2H3,(H,32,34)(H,33,35)/b19-18+. The number of rotatable bonds is 10. The molecule has 8 heteroatoms. The van der Waals surface area contributed by atoms with E-state index in [0.717, 1.165) is 48.1 Å². The van der Waals surface area contributed by atoms with E-state index in [9.17, 15) is 14.4 Å². The Morgan fingerprint density at radius 1 is 1.00 bits per heavy atom. The quantitative estimate of drug-likeness (QED) is 0.117. The van der Waals surface area contributed by atoms with Crippen molar-refractivity contribution in [3.63, 3.8) is 0 Å². The number of nitrogens with one attached hydrogen (secondary N) is 2. The molecule has 2 aromatic carbocycles. The summed E-state index contributed by atoms with van der Waals surface area (Å²) in [6, 6.07) is 17.1. The average Bonchev–Trinajstić information content (AvgIpc) is 3.11. The van der Waals surface area contributed by atoms with E-state index in [1.54, 1.807) is 13.0 Å². The Labute approximate surface area is 238 Å². The van der Waals surface area contributed by atoms with Crippen LogP contribution in [-0.2, 0) is 27.2 Å². The van der Waals surface area contributed by atoms with Crippen LogP contribution in [0.5, 0.6) is 0 Å². The fourth-order valence-corrected chi connectivity index (χ4v) is 6.79. The minimum Gasteiger partial charge on any atom is -0.462 e. The summed E-state index contributed by atoms with van der Waals surface area (Å²) in [5.74, 6) is -0.739. The van der Waals surface area contributed by atoms with Crippen molar-refractivity contribution in [2.45, 2.75) is 62.5 Å². The zero-order valence-electron chi connectivity index (χ0n) is 22.3. The number of carbonyl (C=O) groups is 3. The summed E-state index contributed by atoms with van der Waals surface area (Å²) in [6.07, 6.45) is 8.89. The molecule has 0 fully saturated rings. The summed E-state index contributed by atoms with van der Waals surface area (Å²) in [5, 5.41) is 6.17. The van der Waals surface area contributed by atoms with Crippen LogP contribution in [-0.4, -0.2) is 29.6 Å². The van der Waals surface area contributed by atoms with Crippen molar-refractivity contribution in [1.82, 2.24) is 0 Å². The number of anilines is 2. The molecule has 0 saturated heterocycles. The maximum Gasteiger partial charge on any atom is 0.341 e. The van der Waals surface area contributed by atoms with Crippen LogP contribution in [0, 0.1) is 0 Å². The van der Waals surface area contributed by atoms with E-state index < -0.39 is 0 Å². The lowest BCUT2D eigenvalue weighted by Gasteiger charge is -2.16. The van der Waals surface area contributed by atoms with Gasteiger partial charge in [-0.1, -0.05) is 49.7 Å². The second-order valence-corrected chi connectivity index (χ2v) is 11.6. The van der Waals surface area contributed by atoms with E-state index in [1.807, 2.05) is 61.5 Å². The number of aryl methyl sites for hydroxylation is 1. The Balaban J connectivity index is 1.44. The molecule has 2 amide bonds. The molecular weight excluding hydrogens is 528 g/mol. The Morgan fingerprint density at radius 3 is 2.56 bits per heavy atom. The van der Waals surface area contributed by atoms with E-state index in [2.05, 4.69) is 10.6 Å². The number of esters is 1. The van der Waals surface area contributed by atoms with Crippen molar-refractivity contribution < 1.29 is 19.1 Å². The summed E-state index contributed by atoms with van der Waals surface area (Å²) in [7, 11) is 0. The number of thioether (sulfide) groups is 1. The highest BCUT2D eigenvalue weighted by Gasteiger charge is 2.28. The first kappa shape index (κ1) is 28.6. The number of benzene rings is 2. The van der Waals surface area contributed by atoms with Crippen molar-refractivity contribution >= 4 is 57.6 Å². The third kappa shape index (κ3) is 7.83. The molecule has 1 aliphatic carbocycles. The molecule has 1 atom stereocenters. The number of carbonyl (C=O) groups excluding carboxylic acids is 3. The molecule has 3 aromatic rings. The topological polar surface area (TPSA) is 84.5 Å². The van der Waals surface area contributed by atoms with Crippen LogP contribution < -0.4 is 10.6 Å². The summed E-state index contributed by atoms with van der Waals surface area (Å²) < 4.78 is 5.36. The lowest BCUT2D eigenvalue weighted by molar-refractivity contribution is -0.115. The Kier molecular flexibility index (Phi) is 10.4. The minimum absolute atomic E-state index is 0.148. The maximum atomic E-state index is 13.4. The SMILES string of the molecule is CCOC(=O)c1c(NC(=O)C(CC)Sc2cccc(NC(=O)/C=C/c3ccccc3)c2)sc2c1CCCCC2. The molecule has 1 aliphatic rings. The first-order valence-electron chi connectivity index (χ1n) is 13.4. The highest BCUT2D eigenvalue weighted by molar-refractivity contribution is 8.00.